The van der Waals surface area contributed by atoms with Gasteiger partial charge in [0.1, 0.15) is 11.4 Å². The van der Waals surface area contributed by atoms with Gasteiger partial charge in [0.2, 0.25) is 0 Å². The van der Waals surface area contributed by atoms with Gasteiger partial charge in [0, 0.05) is 28.1 Å². The monoisotopic (exact) mass is 378 g/mol. The highest BCUT2D eigenvalue weighted by Gasteiger charge is 2.34. The van der Waals surface area contributed by atoms with Crippen molar-refractivity contribution in [3.63, 3.8) is 0 Å². The summed E-state index contributed by atoms with van der Waals surface area (Å²) in [7, 11) is 0. The van der Waals surface area contributed by atoms with Crippen LogP contribution < -0.4 is 5.73 Å². The van der Waals surface area contributed by atoms with Crippen molar-refractivity contribution in [1.29, 1.82) is 0 Å². The first kappa shape index (κ1) is 17.4. The summed E-state index contributed by atoms with van der Waals surface area (Å²) in [6.45, 7) is 2.30. The summed E-state index contributed by atoms with van der Waals surface area (Å²) in [6.07, 6.45) is 4.68. The maximum Gasteiger partial charge on any atom is 0.195 e. The largest absolute Gasteiger partial charge is 0.441 e. The number of ketones is 1. The van der Waals surface area contributed by atoms with Gasteiger partial charge in [0.15, 0.2) is 11.7 Å². The van der Waals surface area contributed by atoms with E-state index in [1.54, 1.807) is 6.07 Å². The fourth-order valence-corrected chi connectivity index (χ4v) is 4.95. The Hall–Kier alpha value is -2.66. The molecule has 2 aliphatic heterocycles. The van der Waals surface area contributed by atoms with Crippen molar-refractivity contribution in [3.05, 3.63) is 65.0 Å². The van der Waals surface area contributed by atoms with Crippen LogP contribution in [0.5, 0.6) is 0 Å². The third kappa shape index (κ3) is 2.90. The number of rotatable bonds is 3. The molecule has 0 aliphatic carbocycles. The van der Waals surface area contributed by atoms with Crippen LogP contribution in [-0.2, 0) is 0 Å². The van der Waals surface area contributed by atoms with Crippen molar-refractivity contribution >= 4 is 22.6 Å². The van der Waals surface area contributed by atoms with Crippen molar-refractivity contribution in [2.75, 3.05) is 18.8 Å². The molecule has 0 radical (unpaired) electrons. The second kappa shape index (κ2) is 6.74. The number of fused-ring (bicyclic) bond motifs is 2. The molecule has 2 atom stereocenters. The van der Waals surface area contributed by atoms with Crippen LogP contribution in [0.3, 0.4) is 0 Å². The number of furan rings is 1. The highest BCUT2D eigenvalue weighted by atomic mass is 19.1. The van der Waals surface area contributed by atoms with E-state index < -0.39 is 0 Å². The van der Waals surface area contributed by atoms with E-state index in [1.807, 2.05) is 12.1 Å². The molecular weight excluding hydrogens is 355 g/mol. The summed E-state index contributed by atoms with van der Waals surface area (Å²) < 4.78 is 19.0. The van der Waals surface area contributed by atoms with Crippen molar-refractivity contribution in [2.24, 2.45) is 0 Å². The zero-order chi connectivity index (χ0) is 19.3. The zero-order valence-electron chi connectivity index (χ0n) is 15.7. The summed E-state index contributed by atoms with van der Waals surface area (Å²) in [5, 5.41) is 0.932. The SMILES string of the molecule is Nc1oc2ccc(C(=O)c3ccc(F)cc3)cc2c1C1CCN2CCCC2C1. The Bertz CT molecular complexity index is 1040. The fraction of sp³-hybridized carbons (Fsp3) is 0.348. The van der Waals surface area contributed by atoms with E-state index in [0.717, 1.165) is 35.9 Å². The molecule has 2 aromatic carbocycles. The molecule has 2 saturated heterocycles. The Morgan fingerprint density at radius 2 is 1.86 bits per heavy atom. The Morgan fingerprint density at radius 3 is 2.68 bits per heavy atom. The predicted octanol–water partition coefficient (Wildman–Crippen LogP) is 4.73. The molecule has 4 nitrogen and oxygen atoms in total. The van der Waals surface area contributed by atoms with Crippen molar-refractivity contribution < 1.29 is 13.6 Å². The zero-order valence-corrected chi connectivity index (χ0v) is 15.7. The molecular formula is C23H23FN2O2. The van der Waals surface area contributed by atoms with Crippen LogP contribution in [-0.4, -0.2) is 29.8 Å². The van der Waals surface area contributed by atoms with Crippen molar-refractivity contribution in [1.82, 2.24) is 4.90 Å². The fourth-order valence-electron chi connectivity index (χ4n) is 4.95. The molecule has 0 amide bonds. The number of hydrogen-bond donors (Lipinski definition) is 1. The van der Waals surface area contributed by atoms with Gasteiger partial charge in [-0.15, -0.1) is 0 Å². The third-order valence-electron chi connectivity index (χ3n) is 6.35. The van der Waals surface area contributed by atoms with Crippen LogP contribution in [0.4, 0.5) is 10.3 Å². The lowest BCUT2D eigenvalue weighted by molar-refractivity contribution is 0.103. The molecule has 28 heavy (non-hydrogen) atoms. The Morgan fingerprint density at radius 1 is 1.07 bits per heavy atom. The molecule has 1 aromatic heterocycles. The number of hydrogen-bond acceptors (Lipinski definition) is 4. The van der Waals surface area contributed by atoms with Crippen molar-refractivity contribution in [3.8, 4) is 0 Å². The average Bonchev–Trinajstić information content (AvgIpc) is 3.30. The van der Waals surface area contributed by atoms with E-state index in [0.29, 0.717) is 29.0 Å². The highest BCUT2D eigenvalue weighted by Crippen LogP contribution is 2.42. The lowest BCUT2D eigenvalue weighted by atomic mass is 9.84. The predicted molar refractivity (Wildman–Crippen MR) is 107 cm³/mol. The Labute approximate surface area is 163 Å². The second-order valence-corrected chi connectivity index (χ2v) is 7.98. The quantitative estimate of drug-likeness (QED) is 0.670. The molecule has 0 bridgehead atoms. The van der Waals surface area contributed by atoms with Crippen LogP contribution in [0.1, 0.15) is 53.1 Å². The van der Waals surface area contributed by atoms with Gasteiger partial charge in [-0.1, -0.05) is 0 Å². The summed E-state index contributed by atoms with van der Waals surface area (Å²) in [6, 6.07) is 11.7. The molecule has 2 unspecified atom stereocenters. The van der Waals surface area contributed by atoms with Gasteiger partial charge in [0.25, 0.3) is 0 Å². The average molecular weight is 378 g/mol. The van der Waals surface area contributed by atoms with Crippen LogP contribution in [0.2, 0.25) is 0 Å². The van der Waals surface area contributed by atoms with Crippen molar-refractivity contribution in [2.45, 2.75) is 37.6 Å². The van der Waals surface area contributed by atoms with Crippen LogP contribution >= 0.6 is 0 Å². The summed E-state index contributed by atoms with van der Waals surface area (Å²) >= 11 is 0. The first-order valence-electron chi connectivity index (χ1n) is 9.96. The third-order valence-corrected chi connectivity index (χ3v) is 6.35. The Kier molecular flexibility index (Phi) is 4.20. The number of nitrogens with zero attached hydrogens (tertiary/aromatic N) is 1. The Balaban J connectivity index is 1.51. The highest BCUT2D eigenvalue weighted by molar-refractivity contribution is 6.10. The molecule has 2 N–H and O–H groups in total. The molecule has 3 heterocycles. The first-order chi connectivity index (χ1) is 13.6. The number of nitrogens with two attached hydrogens (primary N) is 1. The maximum atomic E-state index is 13.2. The van der Waals surface area contributed by atoms with Gasteiger partial charge >= 0.3 is 0 Å². The first-order valence-corrected chi connectivity index (χ1v) is 9.96. The second-order valence-electron chi connectivity index (χ2n) is 7.98. The molecule has 0 saturated carbocycles. The van der Waals surface area contributed by atoms with Gasteiger partial charge < -0.3 is 15.1 Å². The van der Waals surface area contributed by atoms with Gasteiger partial charge in [-0.05, 0) is 87.2 Å². The van der Waals surface area contributed by atoms with Crippen LogP contribution in [0, 0.1) is 5.82 Å². The van der Waals surface area contributed by atoms with E-state index in [9.17, 15) is 9.18 Å². The maximum absolute atomic E-state index is 13.2. The lowest BCUT2D eigenvalue weighted by Gasteiger charge is -2.34. The summed E-state index contributed by atoms with van der Waals surface area (Å²) in [4.78, 5) is 15.4. The molecule has 2 fully saturated rings. The number of carbonyl (C=O) groups excluding carboxylic acids is 1. The van der Waals surface area contributed by atoms with E-state index in [-0.39, 0.29) is 11.6 Å². The van der Waals surface area contributed by atoms with E-state index in [1.165, 1.54) is 43.7 Å². The number of nitrogen functional groups attached to an aromatic ring is 1. The van der Waals surface area contributed by atoms with Gasteiger partial charge in [-0.3, -0.25) is 4.79 Å². The molecule has 2 aliphatic rings. The lowest BCUT2D eigenvalue weighted by Crippen LogP contribution is -2.37. The topological polar surface area (TPSA) is 59.5 Å². The number of halogens is 1. The molecule has 5 heteroatoms. The molecule has 0 spiro atoms. The van der Waals surface area contributed by atoms with E-state index in [4.69, 9.17) is 10.2 Å². The standard InChI is InChI=1S/C23H23FN2O2/c24-17-6-3-14(4-7-17)22(27)16-5-8-20-19(13-16)21(23(25)28-20)15-9-11-26-10-1-2-18(26)12-15/h3-8,13,15,18H,1-2,9-12,25H2. The minimum absolute atomic E-state index is 0.127. The van der Waals surface area contributed by atoms with Crippen LogP contribution in [0.15, 0.2) is 46.9 Å². The number of benzene rings is 2. The molecule has 5 rings (SSSR count). The number of carbonyl (C=O) groups is 1. The van der Waals surface area contributed by atoms with Gasteiger partial charge in [0.05, 0.1) is 0 Å². The number of piperidine rings is 1. The summed E-state index contributed by atoms with van der Waals surface area (Å²) in [5.74, 6) is 0.350. The normalized spacial score (nSPS) is 22.5. The van der Waals surface area contributed by atoms with Gasteiger partial charge in [-0.25, -0.2) is 4.39 Å². The minimum atomic E-state index is -0.352. The number of anilines is 1. The summed E-state index contributed by atoms with van der Waals surface area (Å²) in [5.41, 5.74) is 9.08. The molecule has 3 aromatic rings. The van der Waals surface area contributed by atoms with E-state index in [2.05, 4.69) is 4.90 Å². The smallest absolute Gasteiger partial charge is 0.195 e. The van der Waals surface area contributed by atoms with Gasteiger partial charge in [-0.2, -0.15) is 0 Å². The molecule has 144 valence electrons. The minimum Gasteiger partial charge on any atom is -0.441 e. The van der Waals surface area contributed by atoms with Crippen LogP contribution in [0.25, 0.3) is 11.0 Å². The van der Waals surface area contributed by atoms with E-state index >= 15 is 0 Å².